The molecule has 1 aromatic heterocycles. The summed E-state index contributed by atoms with van der Waals surface area (Å²) in [5.74, 6) is -0.970. The molecule has 1 nitrogen and oxygen atoms in total. The van der Waals surface area contributed by atoms with Crippen molar-refractivity contribution in [3.8, 4) is 0 Å². The average molecular weight is 274 g/mol. The first-order valence-corrected chi connectivity index (χ1v) is 6.20. The van der Waals surface area contributed by atoms with Gasteiger partial charge >= 0.3 is 0 Å². The van der Waals surface area contributed by atoms with Gasteiger partial charge in [-0.05, 0) is 30.3 Å². The third-order valence-corrected chi connectivity index (χ3v) is 3.66. The van der Waals surface area contributed by atoms with Gasteiger partial charge in [-0.15, -0.1) is 11.3 Å². The van der Waals surface area contributed by atoms with Crippen molar-refractivity contribution in [2.45, 2.75) is 12.5 Å². The first-order valence-electron chi connectivity index (χ1n) is 5.01. The van der Waals surface area contributed by atoms with Crippen LogP contribution in [0.4, 0.5) is 8.78 Å². The summed E-state index contributed by atoms with van der Waals surface area (Å²) in [5, 5.41) is 0. The molecule has 0 bridgehead atoms. The van der Waals surface area contributed by atoms with Crippen molar-refractivity contribution in [1.29, 1.82) is 0 Å². The number of nitrogens with two attached hydrogens (primary N) is 1. The zero-order chi connectivity index (χ0) is 12.4. The maximum atomic E-state index is 13.5. The van der Waals surface area contributed by atoms with Gasteiger partial charge in [-0.1, -0.05) is 11.6 Å². The Morgan fingerprint density at radius 1 is 1.24 bits per heavy atom. The van der Waals surface area contributed by atoms with E-state index in [0.717, 1.165) is 23.1 Å². The van der Waals surface area contributed by atoms with Gasteiger partial charge in [0.15, 0.2) is 0 Å². The summed E-state index contributed by atoms with van der Waals surface area (Å²) in [5.41, 5.74) is 6.05. The molecular weight excluding hydrogens is 264 g/mol. The molecule has 0 aliphatic rings. The Morgan fingerprint density at radius 2 is 2.00 bits per heavy atom. The summed E-state index contributed by atoms with van der Waals surface area (Å²) in [4.78, 5) is 0.950. The molecule has 0 radical (unpaired) electrons. The summed E-state index contributed by atoms with van der Waals surface area (Å²) >= 11 is 7.18. The van der Waals surface area contributed by atoms with Crippen LogP contribution in [0, 0.1) is 11.6 Å². The number of thiophene rings is 1. The standard InChI is InChI=1S/C12H10ClF2NS/c13-12-4-2-8(17-12)6-11(16)9-5-7(14)1-3-10(9)15/h1-5,11H,6,16H2. The predicted octanol–water partition coefficient (Wildman–Crippen LogP) is 3.92. The molecule has 1 heterocycles. The topological polar surface area (TPSA) is 26.0 Å². The summed E-state index contributed by atoms with van der Waals surface area (Å²) in [6.45, 7) is 0. The van der Waals surface area contributed by atoms with E-state index >= 15 is 0 Å². The Kier molecular flexibility index (Phi) is 3.76. The molecule has 1 unspecified atom stereocenters. The molecule has 2 aromatic rings. The summed E-state index contributed by atoms with van der Waals surface area (Å²) < 4.78 is 27.1. The van der Waals surface area contributed by atoms with Crippen LogP contribution < -0.4 is 5.73 Å². The number of benzene rings is 1. The second-order valence-corrected chi connectivity index (χ2v) is 5.48. The Balaban J connectivity index is 2.19. The van der Waals surface area contributed by atoms with E-state index in [9.17, 15) is 8.78 Å². The molecule has 0 fully saturated rings. The van der Waals surface area contributed by atoms with Gasteiger partial charge < -0.3 is 5.73 Å². The molecule has 0 amide bonds. The Labute approximate surface area is 107 Å². The van der Waals surface area contributed by atoms with E-state index < -0.39 is 17.7 Å². The van der Waals surface area contributed by atoms with Crippen LogP contribution in [0.2, 0.25) is 4.34 Å². The fraction of sp³-hybridized carbons (Fsp3) is 0.167. The van der Waals surface area contributed by atoms with Crippen LogP contribution >= 0.6 is 22.9 Å². The molecule has 17 heavy (non-hydrogen) atoms. The number of rotatable bonds is 3. The predicted molar refractivity (Wildman–Crippen MR) is 66.3 cm³/mol. The molecule has 2 rings (SSSR count). The third-order valence-electron chi connectivity index (χ3n) is 2.41. The SMILES string of the molecule is NC(Cc1ccc(Cl)s1)c1cc(F)ccc1F. The highest BCUT2D eigenvalue weighted by Crippen LogP contribution is 2.26. The molecule has 2 N–H and O–H groups in total. The van der Waals surface area contributed by atoms with Crippen molar-refractivity contribution in [2.75, 3.05) is 0 Å². The van der Waals surface area contributed by atoms with Gasteiger partial charge in [0.05, 0.1) is 4.34 Å². The van der Waals surface area contributed by atoms with E-state index in [2.05, 4.69) is 0 Å². The molecule has 0 saturated carbocycles. The minimum Gasteiger partial charge on any atom is -0.324 e. The first kappa shape index (κ1) is 12.5. The zero-order valence-electron chi connectivity index (χ0n) is 8.79. The van der Waals surface area contributed by atoms with Crippen molar-refractivity contribution >= 4 is 22.9 Å². The van der Waals surface area contributed by atoms with Gasteiger partial charge in [-0.3, -0.25) is 0 Å². The van der Waals surface area contributed by atoms with Gasteiger partial charge in [0.2, 0.25) is 0 Å². The summed E-state index contributed by atoms with van der Waals surface area (Å²) in [7, 11) is 0. The lowest BCUT2D eigenvalue weighted by Gasteiger charge is -2.11. The Bertz CT molecular complexity index is 527. The molecule has 1 aromatic carbocycles. The van der Waals surface area contributed by atoms with Crippen LogP contribution in [-0.4, -0.2) is 0 Å². The highest BCUT2D eigenvalue weighted by atomic mass is 35.5. The van der Waals surface area contributed by atoms with Crippen molar-refractivity contribution in [1.82, 2.24) is 0 Å². The van der Waals surface area contributed by atoms with Crippen LogP contribution in [0.3, 0.4) is 0 Å². The van der Waals surface area contributed by atoms with Crippen molar-refractivity contribution < 1.29 is 8.78 Å². The van der Waals surface area contributed by atoms with Crippen LogP contribution in [0.5, 0.6) is 0 Å². The molecule has 0 aliphatic carbocycles. The second kappa shape index (κ2) is 5.12. The second-order valence-electron chi connectivity index (χ2n) is 3.68. The van der Waals surface area contributed by atoms with Crippen molar-refractivity contribution in [2.24, 2.45) is 5.73 Å². The van der Waals surface area contributed by atoms with Crippen LogP contribution in [0.15, 0.2) is 30.3 Å². The van der Waals surface area contributed by atoms with Gasteiger partial charge in [-0.2, -0.15) is 0 Å². The molecule has 1 atom stereocenters. The Hall–Kier alpha value is -0.970. The summed E-state index contributed by atoms with van der Waals surface area (Å²) in [6, 6.07) is 6.33. The van der Waals surface area contributed by atoms with Crippen LogP contribution in [0.25, 0.3) is 0 Å². The monoisotopic (exact) mass is 273 g/mol. The largest absolute Gasteiger partial charge is 0.324 e. The van der Waals surface area contributed by atoms with Crippen LogP contribution in [0.1, 0.15) is 16.5 Å². The lowest BCUT2D eigenvalue weighted by Crippen LogP contribution is -2.14. The van der Waals surface area contributed by atoms with Gasteiger partial charge in [-0.25, -0.2) is 8.78 Å². The van der Waals surface area contributed by atoms with E-state index in [0.29, 0.717) is 10.8 Å². The minimum atomic E-state index is -0.569. The van der Waals surface area contributed by atoms with Crippen LogP contribution in [-0.2, 0) is 6.42 Å². The quantitative estimate of drug-likeness (QED) is 0.901. The lowest BCUT2D eigenvalue weighted by atomic mass is 10.0. The molecule has 0 spiro atoms. The molecule has 5 heteroatoms. The van der Waals surface area contributed by atoms with E-state index in [-0.39, 0.29) is 5.56 Å². The maximum absolute atomic E-state index is 13.5. The molecule has 0 aliphatic heterocycles. The van der Waals surface area contributed by atoms with Gasteiger partial charge in [0.1, 0.15) is 11.6 Å². The number of hydrogen-bond acceptors (Lipinski definition) is 2. The highest BCUT2D eigenvalue weighted by Gasteiger charge is 2.14. The van der Waals surface area contributed by atoms with Crippen molar-refractivity contribution in [3.05, 3.63) is 56.7 Å². The molecular formula is C12H10ClF2NS. The lowest BCUT2D eigenvalue weighted by molar-refractivity contribution is 0.562. The average Bonchev–Trinajstić information content (AvgIpc) is 2.67. The minimum absolute atomic E-state index is 0.189. The molecule has 90 valence electrons. The fourth-order valence-electron chi connectivity index (χ4n) is 1.59. The van der Waals surface area contributed by atoms with Gasteiger partial charge in [0.25, 0.3) is 0 Å². The third kappa shape index (κ3) is 3.03. The fourth-order valence-corrected chi connectivity index (χ4v) is 2.73. The zero-order valence-corrected chi connectivity index (χ0v) is 10.4. The maximum Gasteiger partial charge on any atom is 0.128 e. The van der Waals surface area contributed by atoms with Crippen molar-refractivity contribution in [3.63, 3.8) is 0 Å². The smallest absolute Gasteiger partial charge is 0.128 e. The molecule has 0 saturated heterocycles. The number of hydrogen-bond donors (Lipinski definition) is 1. The normalized spacial score (nSPS) is 12.7. The van der Waals surface area contributed by atoms with E-state index in [1.165, 1.54) is 11.3 Å². The van der Waals surface area contributed by atoms with E-state index in [4.69, 9.17) is 17.3 Å². The van der Waals surface area contributed by atoms with E-state index in [1.807, 2.05) is 6.07 Å². The Morgan fingerprint density at radius 3 is 2.65 bits per heavy atom. The highest BCUT2D eigenvalue weighted by molar-refractivity contribution is 7.16. The van der Waals surface area contributed by atoms with Gasteiger partial charge in [0, 0.05) is 22.9 Å². The first-order chi connectivity index (χ1) is 8.06. The number of halogens is 3. The summed E-state index contributed by atoms with van der Waals surface area (Å²) in [6.07, 6.45) is 0.442. The van der Waals surface area contributed by atoms with E-state index in [1.54, 1.807) is 6.07 Å².